The molecule has 0 N–H and O–H groups in total. The Bertz CT molecular complexity index is 197. The quantitative estimate of drug-likeness (QED) is 0.600. The molecular weight excluding hydrogens is 157 g/mol. The lowest BCUT2D eigenvalue weighted by atomic mass is 10.2. The van der Waals surface area contributed by atoms with Crippen molar-refractivity contribution in [1.29, 1.82) is 0 Å². The molecule has 1 unspecified atom stereocenters. The molecule has 1 saturated heterocycles. The molecule has 0 aliphatic carbocycles. The molecule has 0 bridgehead atoms. The third-order valence-electron chi connectivity index (χ3n) is 2.38. The maximum Gasteiger partial charge on any atom is 0.116 e. The standard InChI is InChI=1S/C9H16FNO/c1-7(10)5-8-6-12-9(2,3)11(8)4/h5,8H,6H2,1-4H3/b7-5+. The summed E-state index contributed by atoms with van der Waals surface area (Å²) in [4.78, 5) is 2.02. The van der Waals surface area contributed by atoms with Gasteiger partial charge in [0.25, 0.3) is 0 Å². The van der Waals surface area contributed by atoms with Crippen molar-refractivity contribution >= 4 is 0 Å². The van der Waals surface area contributed by atoms with Crippen LogP contribution in [0.25, 0.3) is 0 Å². The molecule has 1 aliphatic heterocycles. The summed E-state index contributed by atoms with van der Waals surface area (Å²) in [5.74, 6) is -0.145. The van der Waals surface area contributed by atoms with Gasteiger partial charge < -0.3 is 4.74 Å². The SMILES string of the molecule is C/C(F)=C\C1COC(C)(C)N1C. The van der Waals surface area contributed by atoms with Crippen LogP contribution in [0.5, 0.6) is 0 Å². The van der Waals surface area contributed by atoms with Crippen LogP contribution < -0.4 is 0 Å². The van der Waals surface area contributed by atoms with E-state index in [0.717, 1.165) is 0 Å². The Morgan fingerprint density at radius 1 is 1.67 bits per heavy atom. The second-order valence-corrected chi connectivity index (χ2v) is 3.69. The molecule has 0 amide bonds. The van der Waals surface area contributed by atoms with Crippen molar-refractivity contribution in [1.82, 2.24) is 4.90 Å². The Labute approximate surface area is 73.0 Å². The van der Waals surface area contributed by atoms with Gasteiger partial charge in [-0.05, 0) is 33.9 Å². The zero-order valence-corrected chi connectivity index (χ0v) is 8.10. The molecule has 1 atom stereocenters. The lowest BCUT2D eigenvalue weighted by Gasteiger charge is -2.28. The summed E-state index contributed by atoms with van der Waals surface area (Å²) in [5, 5.41) is 0. The summed E-state index contributed by atoms with van der Waals surface area (Å²) < 4.78 is 18.0. The van der Waals surface area contributed by atoms with E-state index in [1.54, 1.807) is 6.08 Å². The van der Waals surface area contributed by atoms with Gasteiger partial charge in [-0.2, -0.15) is 0 Å². The number of ether oxygens (including phenoxy) is 1. The van der Waals surface area contributed by atoms with E-state index in [2.05, 4.69) is 0 Å². The van der Waals surface area contributed by atoms with Crippen molar-refractivity contribution in [3.05, 3.63) is 11.9 Å². The summed E-state index contributed by atoms with van der Waals surface area (Å²) in [7, 11) is 1.94. The van der Waals surface area contributed by atoms with E-state index in [1.807, 2.05) is 25.8 Å². The Hall–Kier alpha value is -0.410. The molecule has 12 heavy (non-hydrogen) atoms. The minimum absolute atomic E-state index is 0.0741. The topological polar surface area (TPSA) is 12.5 Å². The third kappa shape index (κ3) is 1.84. The van der Waals surface area contributed by atoms with Crippen LogP contribution in [0.15, 0.2) is 11.9 Å². The van der Waals surface area contributed by atoms with Crippen LogP contribution >= 0.6 is 0 Å². The summed E-state index contributed by atoms with van der Waals surface area (Å²) in [6.45, 7) is 5.99. The number of hydrogen-bond donors (Lipinski definition) is 0. The van der Waals surface area contributed by atoms with Crippen LogP contribution in [0, 0.1) is 0 Å². The first-order valence-electron chi connectivity index (χ1n) is 4.14. The van der Waals surface area contributed by atoms with Crippen LogP contribution in [0.3, 0.4) is 0 Å². The predicted molar refractivity (Wildman–Crippen MR) is 46.4 cm³/mol. The average Bonchev–Trinajstić information content (AvgIpc) is 2.15. The third-order valence-corrected chi connectivity index (χ3v) is 2.38. The number of halogens is 1. The first-order valence-corrected chi connectivity index (χ1v) is 4.14. The maximum absolute atomic E-state index is 12.6. The van der Waals surface area contributed by atoms with Gasteiger partial charge in [0.05, 0.1) is 18.5 Å². The van der Waals surface area contributed by atoms with E-state index in [9.17, 15) is 4.39 Å². The summed E-state index contributed by atoms with van der Waals surface area (Å²) in [5.41, 5.74) is -0.267. The number of allylic oxidation sites excluding steroid dienone is 1. The van der Waals surface area contributed by atoms with Crippen LogP contribution in [0.1, 0.15) is 20.8 Å². The Morgan fingerprint density at radius 2 is 2.25 bits per heavy atom. The van der Waals surface area contributed by atoms with E-state index in [0.29, 0.717) is 6.61 Å². The molecule has 1 rings (SSSR count). The van der Waals surface area contributed by atoms with Gasteiger partial charge in [0.2, 0.25) is 0 Å². The van der Waals surface area contributed by atoms with Crippen molar-refractivity contribution < 1.29 is 9.13 Å². The van der Waals surface area contributed by atoms with Gasteiger partial charge in [0, 0.05) is 0 Å². The number of rotatable bonds is 1. The van der Waals surface area contributed by atoms with Crippen molar-refractivity contribution in [3.63, 3.8) is 0 Å². The Balaban J connectivity index is 2.68. The fourth-order valence-corrected chi connectivity index (χ4v) is 1.33. The highest BCUT2D eigenvalue weighted by Crippen LogP contribution is 2.26. The van der Waals surface area contributed by atoms with Crippen molar-refractivity contribution in [2.75, 3.05) is 13.7 Å². The number of likely N-dealkylation sites (N-methyl/N-ethyl adjacent to an activating group) is 1. The van der Waals surface area contributed by atoms with E-state index >= 15 is 0 Å². The largest absolute Gasteiger partial charge is 0.359 e. The van der Waals surface area contributed by atoms with E-state index in [-0.39, 0.29) is 17.6 Å². The molecule has 0 aromatic rings. The van der Waals surface area contributed by atoms with Gasteiger partial charge in [0.1, 0.15) is 5.72 Å². The lowest BCUT2D eigenvalue weighted by Crippen LogP contribution is -2.39. The Morgan fingerprint density at radius 3 is 2.58 bits per heavy atom. The molecule has 1 fully saturated rings. The molecule has 0 radical (unpaired) electrons. The van der Waals surface area contributed by atoms with Crippen molar-refractivity contribution in [2.24, 2.45) is 0 Å². The first-order chi connectivity index (χ1) is 5.43. The second kappa shape index (κ2) is 3.15. The smallest absolute Gasteiger partial charge is 0.116 e. The van der Waals surface area contributed by atoms with E-state index in [1.165, 1.54) is 6.92 Å². The molecule has 3 heteroatoms. The maximum atomic E-state index is 12.6. The minimum Gasteiger partial charge on any atom is -0.359 e. The summed E-state index contributed by atoms with van der Waals surface area (Å²) >= 11 is 0. The number of nitrogens with zero attached hydrogens (tertiary/aromatic N) is 1. The Kier molecular flexibility index (Phi) is 2.54. The van der Waals surface area contributed by atoms with Gasteiger partial charge >= 0.3 is 0 Å². The van der Waals surface area contributed by atoms with Gasteiger partial charge in [-0.15, -0.1) is 0 Å². The molecule has 0 aromatic carbocycles. The highest BCUT2D eigenvalue weighted by Gasteiger charge is 2.36. The highest BCUT2D eigenvalue weighted by atomic mass is 19.1. The zero-order chi connectivity index (χ0) is 9.35. The summed E-state index contributed by atoms with van der Waals surface area (Å²) in [6, 6.07) is 0.0741. The molecule has 0 saturated carbocycles. The van der Waals surface area contributed by atoms with Gasteiger partial charge in [-0.25, -0.2) is 4.39 Å². The van der Waals surface area contributed by atoms with E-state index in [4.69, 9.17) is 4.74 Å². The molecule has 0 aromatic heterocycles. The summed E-state index contributed by atoms with van der Waals surface area (Å²) in [6.07, 6.45) is 1.59. The normalized spacial score (nSPS) is 31.1. The van der Waals surface area contributed by atoms with E-state index < -0.39 is 0 Å². The van der Waals surface area contributed by atoms with Crippen molar-refractivity contribution in [2.45, 2.75) is 32.5 Å². The second-order valence-electron chi connectivity index (χ2n) is 3.69. The van der Waals surface area contributed by atoms with Crippen molar-refractivity contribution in [3.8, 4) is 0 Å². The van der Waals surface area contributed by atoms with Gasteiger partial charge in [0.15, 0.2) is 0 Å². The number of hydrogen-bond acceptors (Lipinski definition) is 2. The molecule has 1 heterocycles. The zero-order valence-electron chi connectivity index (χ0n) is 8.10. The molecule has 2 nitrogen and oxygen atoms in total. The predicted octanol–water partition coefficient (Wildman–Crippen LogP) is 1.93. The molecule has 0 spiro atoms. The monoisotopic (exact) mass is 173 g/mol. The lowest BCUT2D eigenvalue weighted by molar-refractivity contribution is -0.0402. The van der Waals surface area contributed by atoms with Crippen LogP contribution in [-0.4, -0.2) is 30.3 Å². The van der Waals surface area contributed by atoms with Gasteiger partial charge in [-0.1, -0.05) is 0 Å². The molecular formula is C9H16FNO. The van der Waals surface area contributed by atoms with Gasteiger partial charge in [-0.3, -0.25) is 4.90 Å². The minimum atomic E-state index is -0.267. The van der Waals surface area contributed by atoms with Crippen LogP contribution in [0.4, 0.5) is 4.39 Å². The first kappa shape index (κ1) is 9.68. The fraction of sp³-hybridized carbons (Fsp3) is 0.778. The average molecular weight is 173 g/mol. The highest BCUT2D eigenvalue weighted by molar-refractivity contribution is 5.01. The van der Waals surface area contributed by atoms with Crippen LogP contribution in [0.2, 0.25) is 0 Å². The molecule has 1 aliphatic rings. The fourth-order valence-electron chi connectivity index (χ4n) is 1.33. The molecule has 70 valence electrons. The van der Waals surface area contributed by atoms with Crippen LogP contribution in [-0.2, 0) is 4.74 Å².